The van der Waals surface area contributed by atoms with Gasteiger partial charge >= 0.3 is 5.97 Å². The first-order valence-electron chi connectivity index (χ1n) is 7.48. The predicted octanol–water partition coefficient (Wildman–Crippen LogP) is 4.93. The Kier molecular flexibility index (Phi) is 11.8. The molecule has 0 saturated heterocycles. The summed E-state index contributed by atoms with van der Waals surface area (Å²) in [6, 6.07) is 0. The summed E-state index contributed by atoms with van der Waals surface area (Å²) in [6.07, 6.45) is 12.1. The smallest absolute Gasteiger partial charge is 0.306 e. The van der Waals surface area contributed by atoms with Crippen molar-refractivity contribution in [2.75, 3.05) is 0 Å². The van der Waals surface area contributed by atoms with Gasteiger partial charge in [0, 0.05) is 5.25 Å². The average Bonchev–Trinajstić information content (AvgIpc) is 2.34. The molecule has 0 aromatic heterocycles. The number of carboxylic acid groups (broad SMARTS) is 1. The summed E-state index contributed by atoms with van der Waals surface area (Å²) in [7, 11) is 0. The summed E-state index contributed by atoms with van der Waals surface area (Å²) >= 11 is 4.54. The normalized spacial score (nSPS) is 14.4. The molecule has 0 aromatic rings. The van der Waals surface area contributed by atoms with Crippen LogP contribution in [0, 0.1) is 5.92 Å². The lowest BCUT2D eigenvalue weighted by atomic mass is 10.0. The van der Waals surface area contributed by atoms with Crippen LogP contribution in [0.3, 0.4) is 0 Å². The van der Waals surface area contributed by atoms with Crippen molar-refractivity contribution in [2.24, 2.45) is 5.92 Å². The van der Waals surface area contributed by atoms with Gasteiger partial charge in [0.05, 0.1) is 5.92 Å². The van der Waals surface area contributed by atoms with Gasteiger partial charge in [0.1, 0.15) is 0 Å². The van der Waals surface area contributed by atoms with Crippen molar-refractivity contribution in [3.05, 3.63) is 0 Å². The number of hydrogen-bond donors (Lipinski definition) is 2. The van der Waals surface area contributed by atoms with E-state index in [9.17, 15) is 4.79 Å². The van der Waals surface area contributed by atoms with Crippen LogP contribution in [0.15, 0.2) is 0 Å². The average molecular weight is 274 g/mol. The summed E-state index contributed by atoms with van der Waals surface area (Å²) in [5.41, 5.74) is 0. The van der Waals surface area contributed by atoms with Gasteiger partial charge in [0.25, 0.3) is 0 Å². The van der Waals surface area contributed by atoms with E-state index in [0.717, 1.165) is 19.3 Å². The van der Waals surface area contributed by atoms with Crippen LogP contribution in [-0.2, 0) is 4.79 Å². The Bertz CT molecular complexity index is 207. The van der Waals surface area contributed by atoms with E-state index in [-0.39, 0.29) is 5.92 Å². The van der Waals surface area contributed by atoms with Crippen molar-refractivity contribution >= 4 is 18.6 Å². The molecule has 0 aliphatic heterocycles. The predicted molar refractivity (Wildman–Crippen MR) is 81.4 cm³/mol. The number of unbranched alkanes of at least 4 members (excludes halogenated alkanes) is 6. The number of rotatable bonds is 12. The molecule has 0 saturated carbocycles. The summed E-state index contributed by atoms with van der Waals surface area (Å²) < 4.78 is 0. The lowest BCUT2D eigenvalue weighted by Gasteiger charge is -2.12. The molecule has 0 bridgehead atoms. The van der Waals surface area contributed by atoms with E-state index in [2.05, 4.69) is 19.6 Å². The highest BCUT2D eigenvalue weighted by Crippen LogP contribution is 2.18. The fourth-order valence-corrected chi connectivity index (χ4v) is 2.38. The fraction of sp³-hybridized carbons (Fsp3) is 0.933. The molecule has 2 nitrogen and oxygen atoms in total. The molecule has 18 heavy (non-hydrogen) atoms. The largest absolute Gasteiger partial charge is 0.481 e. The summed E-state index contributed by atoms with van der Waals surface area (Å²) in [4.78, 5) is 10.7. The molecule has 0 rings (SSSR count). The Morgan fingerprint density at radius 2 is 1.56 bits per heavy atom. The van der Waals surface area contributed by atoms with Crippen LogP contribution in [0.5, 0.6) is 0 Å². The molecule has 0 fully saturated rings. The van der Waals surface area contributed by atoms with E-state index >= 15 is 0 Å². The minimum Gasteiger partial charge on any atom is -0.481 e. The minimum absolute atomic E-state index is 0.228. The van der Waals surface area contributed by atoms with E-state index in [4.69, 9.17) is 5.11 Å². The fourth-order valence-electron chi connectivity index (χ4n) is 2.05. The zero-order valence-electron chi connectivity index (χ0n) is 12.0. The third-order valence-electron chi connectivity index (χ3n) is 3.50. The molecule has 0 heterocycles. The molecule has 0 spiro atoms. The van der Waals surface area contributed by atoms with Crippen LogP contribution >= 0.6 is 12.6 Å². The molecular weight excluding hydrogens is 244 g/mol. The first-order valence-corrected chi connectivity index (χ1v) is 8.00. The van der Waals surface area contributed by atoms with Gasteiger partial charge in [0.15, 0.2) is 0 Å². The van der Waals surface area contributed by atoms with Crippen LogP contribution in [0.2, 0.25) is 0 Å². The molecule has 0 amide bonds. The van der Waals surface area contributed by atoms with E-state index in [0.29, 0.717) is 5.25 Å². The second kappa shape index (κ2) is 11.9. The molecule has 0 aromatic carbocycles. The summed E-state index contributed by atoms with van der Waals surface area (Å²) in [6.45, 7) is 4.01. The summed E-state index contributed by atoms with van der Waals surface area (Å²) in [5, 5.41) is 9.16. The quantitative estimate of drug-likeness (QED) is 0.391. The van der Waals surface area contributed by atoms with Gasteiger partial charge in [-0.3, -0.25) is 4.79 Å². The molecule has 0 aliphatic carbocycles. The molecule has 108 valence electrons. The molecule has 0 aliphatic rings. The number of hydrogen-bond acceptors (Lipinski definition) is 2. The minimum atomic E-state index is -0.688. The Balaban J connectivity index is 3.31. The Hall–Kier alpha value is -0.180. The second-order valence-electron chi connectivity index (χ2n) is 5.38. The monoisotopic (exact) mass is 274 g/mol. The Morgan fingerprint density at radius 3 is 2.11 bits per heavy atom. The van der Waals surface area contributed by atoms with Gasteiger partial charge in [-0.15, -0.1) is 0 Å². The standard InChI is InChI=1S/C15H30O2S/c1-3-4-5-6-7-8-9-10-14(18)12-11-13(2)15(16)17/h13-14,18H,3-12H2,1-2H3,(H,16,17). The topological polar surface area (TPSA) is 37.3 Å². The highest BCUT2D eigenvalue weighted by atomic mass is 32.1. The lowest BCUT2D eigenvalue weighted by Crippen LogP contribution is -2.11. The highest BCUT2D eigenvalue weighted by molar-refractivity contribution is 7.80. The van der Waals surface area contributed by atoms with Crippen molar-refractivity contribution in [1.29, 1.82) is 0 Å². The van der Waals surface area contributed by atoms with Gasteiger partial charge in [0.2, 0.25) is 0 Å². The van der Waals surface area contributed by atoms with Crippen LogP contribution in [0.4, 0.5) is 0 Å². The van der Waals surface area contributed by atoms with Gasteiger partial charge in [-0.25, -0.2) is 0 Å². The molecule has 2 unspecified atom stereocenters. The summed E-state index contributed by atoms with van der Waals surface area (Å²) in [5.74, 6) is -0.917. The third kappa shape index (κ3) is 10.9. The van der Waals surface area contributed by atoms with Crippen LogP contribution in [0.25, 0.3) is 0 Å². The number of aliphatic carboxylic acids is 1. The van der Waals surface area contributed by atoms with E-state index in [1.165, 1.54) is 44.9 Å². The molecule has 3 heteroatoms. The van der Waals surface area contributed by atoms with Crippen LogP contribution < -0.4 is 0 Å². The lowest BCUT2D eigenvalue weighted by molar-refractivity contribution is -0.141. The zero-order valence-corrected chi connectivity index (χ0v) is 12.9. The maximum Gasteiger partial charge on any atom is 0.306 e. The van der Waals surface area contributed by atoms with Crippen molar-refractivity contribution < 1.29 is 9.90 Å². The van der Waals surface area contributed by atoms with Crippen LogP contribution in [-0.4, -0.2) is 16.3 Å². The first-order chi connectivity index (χ1) is 8.57. The zero-order chi connectivity index (χ0) is 13.8. The van der Waals surface area contributed by atoms with Gasteiger partial charge in [-0.1, -0.05) is 58.8 Å². The number of thiol groups is 1. The Morgan fingerprint density at radius 1 is 1.00 bits per heavy atom. The van der Waals surface area contributed by atoms with Gasteiger partial charge in [-0.05, 0) is 19.3 Å². The van der Waals surface area contributed by atoms with Crippen molar-refractivity contribution in [3.63, 3.8) is 0 Å². The molecule has 0 radical (unpaired) electrons. The first kappa shape index (κ1) is 17.8. The van der Waals surface area contributed by atoms with Gasteiger partial charge < -0.3 is 5.11 Å². The van der Waals surface area contributed by atoms with Gasteiger partial charge in [-0.2, -0.15) is 12.6 Å². The van der Waals surface area contributed by atoms with Crippen molar-refractivity contribution in [1.82, 2.24) is 0 Å². The van der Waals surface area contributed by atoms with Crippen LogP contribution in [0.1, 0.15) is 78.1 Å². The van der Waals surface area contributed by atoms with Crippen molar-refractivity contribution in [2.45, 2.75) is 83.3 Å². The van der Waals surface area contributed by atoms with E-state index in [1.807, 2.05) is 0 Å². The Labute approximate surface area is 118 Å². The third-order valence-corrected chi connectivity index (χ3v) is 4.01. The maximum atomic E-state index is 10.7. The SMILES string of the molecule is CCCCCCCCCC(S)CCC(C)C(=O)O. The van der Waals surface area contributed by atoms with Crippen molar-refractivity contribution in [3.8, 4) is 0 Å². The molecule has 2 atom stereocenters. The van der Waals surface area contributed by atoms with E-state index in [1.54, 1.807) is 6.92 Å². The highest BCUT2D eigenvalue weighted by Gasteiger charge is 2.12. The van der Waals surface area contributed by atoms with E-state index < -0.39 is 5.97 Å². The molecular formula is C15H30O2S. The molecule has 1 N–H and O–H groups in total. The maximum absolute atomic E-state index is 10.7. The second-order valence-corrected chi connectivity index (χ2v) is 6.11. The number of carboxylic acids is 1. The number of carbonyl (C=O) groups is 1.